The van der Waals surface area contributed by atoms with E-state index in [1.807, 2.05) is 6.07 Å². The van der Waals surface area contributed by atoms with Crippen LogP contribution in [0, 0.1) is 0 Å². The first-order valence-corrected chi connectivity index (χ1v) is 14.8. The minimum Gasteiger partial charge on any atom is -0.493 e. The van der Waals surface area contributed by atoms with Gasteiger partial charge in [0, 0.05) is 25.2 Å². The Kier molecular flexibility index (Phi) is 9.37. The average Bonchev–Trinajstić information content (AvgIpc) is 2.98. The Morgan fingerprint density at radius 3 is 2.21 bits per heavy atom. The summed E-state index contributed by atoms with van der Waals surface area (Å²) in [5.74, 6) is 0.579. The van der Waals surface area contributed by atoms with Crippen LogP contribution in [-0.2, 0) is 22.6 Å². The number of methoxy groups -OCH3 is 2. The molecule has 0 saturated carbocycles. The highest BCUT2D eigenvalue weighted by Crippen LogP contribution is 2.39. The second kappa shape index (κ2) is 12.6. The van der Waals surface area contributed by atoms with Gasteiger partial charge in [-0.15, -0.1) is 0 Å². The molecule has 8 nitrogen and oxygen atoms in total. The summed E-state index contributed by atoms with van der Waals surface area (Å²) in [7, 11) is -0.705. The number of amides is 1. The first-order chi connectivity index (χ1) is 19.9. The van der Waals surface area contributed by atoms with E-state index in [9.17, 15) is 26.4 Å². The second-order valence-electron chi connectivity index (χ2n) is 9.62. The third-order valence-electron chi connectivity index (χ3n) is 7.28. The Balaban J connectivity index is 1.68. The van der Waals surface area contributed by atoms with Gasteiger partial charge in [0.2, 0.25) is 10.0 Å². The van der Waals surface area contributed by atoms with Crippen LogP contribution < -0.4 is 14.2 Å². The molecule has 226 valence electrons. The number of nitrogens with zero attached hydrogens (tertiary/aromatic N) is 2. The SMILES string of the molecule is CCN(CC)S(=O)(=O)c1ccc(C(=O)N2CCc3cc(OC)c(OC)cc3[C@H]2COc2cccc(C(F)(F)F)c2)cc1. The van der Waals surface area contributed by atoms with Crippen molar-refractivity contribution in [1.82, 2.24) is 9.21 Å². The van der Waals surface area contributed by atoms with Crippen LogP contribution >= 0.6 is 0 Å². The Morgan fingerprint density at radius 1 is 0.976 bits per heavy atom. The van der Waals surface area contributed by atoms with Gasteiger partial charge in [0.1, 0.15) is 12.4 Å². The van der Waals surface area contributed by atoms with E-state index in [0.717, 1.165) is 17.7 Å². The fraction of sp³-hybridized carbons (Fsp3) is 0.367. The van der Waals surface area contributed by atoms with Crippen LogP contribution in [0.25, 0.3) is 0 Å². The van der Waals surface area contributed by atoms with Gasteiger partial charge in [-0.25, -0.2) is 8.42 Å². The van der Waals surface area contributed by atoms with Crippen molar-refractivity contribution in [3.63, 3.8) is 0 Å². The van der Waals surface area contributed by atoms with Gasteiger partial charge in [-0.3, -0.25) is 4.79 Å². The van der Waals surface area contributed by atoms with Crippen molar-refractivity contribution in [2.24, 2.45) is 0 Å². The number of hydrogen-bond acceptors (Lipinski definition) is 6. The maximum absolute atomic E-state index is 13.8. The molecule has 3 aromatic carbocycles. The number of rotatable bonds is 10. The van der Waals surface area contributed by atoms with Gasteiger partial charge in [0.05, 0.1) is 30.7 Å². The number of benzene rings is 3. The summed E-state index contributed by atoms with van der Waals surface area (Å²) in [5.41, 5.74) is 1.01. The molecule has 0 N–H and O–H groups in total. The number of hydrogen-bond donors (Lipinski definition) is 0. The quantitative estimate of drug-likeness (QED) is 0.300. The first-order valence-electron chi connectivity index (χ1n) is 13.4. The van der Waals surface area contributed by atoms with E-state index in [1.54, 1.807) is 24.8 Å². The molecule has 0 radical (unpaired) electrons. The van der Waals surface area contributed by atoms with Gasteiger partial charge in [0.25, 0.3) is 5.91 Å². The van der Waals surface area contributed by atoms with E-state index in [4.69, 9.17) is 14.2 Å². The predicted molar refractivity (Wildman–Crippen MR) is 151 cm³/mol. The lowest BCUT2D eigenvalue weighted by atomic mass is 9.91. The molecule has 0 unspecified atom stereocenters. The molecule has 0 aromatic heterocycles. The van der Waals surface area contributed by atoms with Crippen LogP contribution in [0.5, 0.6) is 17.2 Å². The van der Waals surface area contributed by atoms with Crippen molar-refractivity contribution in [1.29, 1.82) is 0 Å². The summed E-state index contributed by atoms with van der Waals surface area (Å²) >= 11 is 0. The summed E-state index contributed by atoms with van der Waals surface area (Å²) in [4.78, 5) is 15.5. The van der Waals surface area contributed by atoms with E-state index >= 15 is 0 Å². The van der Waals surface area contributed by atoms with E-state index in [-0.39, 0.29) is 35.3 Å². The van der Waals surface area contributed by atoms with Gasteiger partial charge in [0.15, 0.2) is 11.5 Å². The number of ether oxygens (including phenoxy) is 3. The largest absolute Gasteiger partial charge is 0.493 e. The summed E-state index contributed by atoms with van der Waals surface area (Å²) in [6.07, 6.45) is -4.05. The summed E-state index contributed by atoms with van der Waals surface area (Å²) < 4.78 is 83.7. The normalized spacial score (nSPS) is 15.3. The third kappa shape index (κ3) is 6.34. The molecular formula is C30H33F3N2O6S. The van der Waals surface area contributed by atoms with Crippen LogP contribution in [0.1, 0.15) is 46.9 Å². The molecule has 4 rings (SSSR count). The number of halogens is 3. The van der Waals surface area contributed by atoms with E-state index < -0.39 is 27.8 Å². The zero-order chi connectivity index (χ0) is 30.7. The molecule has 0 spiro atoms. The molecule has 42 heavy (non-hydrogen) atoms. The van der Waals surface area contributed by atoms with Gasteiger partial charge in [-0.1, -0.05) is 19.9 Å². The second-order valence-corrected chi connectivity index (χ2v) is 11.6. The Morgan fingerprint density at radius 2 is 1.62 bits per heavy atom. The molecular weight excluding hydrogens is 573 g/mol. The maximum Gasteiger partial charge on any atom is 0.416 e. The fourth-order valence-electron chi connectivity index (χ4n) is 5.04. The van der Waals surface area contributed by atoms with E-state index in [2.05, 4.69) is 0 Å². The maximum atomic E-state index is 13.8. The zero-order valence-electron chi connectivity index (χ0n) is 23.8. The highest BCUT2D eigenvalue weighted by molar-refractivity contribution is 7.89. The highest BCUT2D eigenvalue weighted by Gasteiger charge is 2.34. The van der Waals surface area contributed by atoms with Crippen molar-refractivity contribution < 1.29 is 40.6 Å². The van der Waals surface area contributed by atoms with E-state index in [1.165, 1.54) is 54.9 Å². The van der Waals surface area contributed by atoms with Gasteiger partial charge in [-0.05, 0) is 72.1 Å². The van der Waals surface area contributed by atoms with Crippen LogP contribution in [0.15, 0.2) is 65.6 Å². The Hall–Kier alpha value is -3.77. The predicted octanol–water partition coefficient (Wildman–Crippen LogP) is 5.57. The standard InChI is InChI=1S/C30H33F3N2O6S/c1-5-34(6-2)42(37,38)24-12-10-20(11-13-24)29(36)35-15-14-21-16-27(39-3)28(40-4)18-25(21)26(35)19-41-23-9-7-8-22(17-23)30(31,32)33/h7-13,16-18,26H,5-6,14-15,19H2,1-4H3/t26-/m1/s1. The van der Waals surface area contributed by atoms with Crippen molar-refractivity contribution >= 4 is 15.9 Å². The average molecular weight is 607 g/mol. The van der Waals surface area contributed by atoms with Gasteiger partial charge >= 0.3 is 6.18 Å². The van der Waals surface area contributed by atoms with Crippen LogP contribution in [0.2, 0.25) is 0 Å². The minimum atomic E-state index is -4.53. The number of carbonyl (C=O) groups excluding carboxylic acids is 1. The molecule has 1 atom stereocenters. The molecule has 1 aliphatic rings. The zero-order valence-corrected chi connectivity index (χ0v) is 24.6. The lowest BCUT2D eigenvalue weighted by Crippen LogP contribution is -2.42. The van der Waals surface area contributed by atoms with Crippen molar-refractivity contribution in [3.8, 4) is 17.2 Å². The minimum absolute atomic E-state index is 0.00999. The van der Waals surface area contributed by atoms with Crippen molar-refractivity contribution in [3.05, 3.63) is 82.9 Å². The molecule has 1 aliphatic heterocycles. The third-order valence-corrected chi connectivity index (χ3v) is 9.34. The van der Waals surface area contributed by atoms with Crippen LogP contribution in [0.4, 0.5) is 13.2 Å². The molecule has 0 bridgehead atoms. The molecule has 12 heteroatoms. The molecule has 0 aliphatic carbocycles. The fourth-order valence-corrected chi connectivity index (χ4v) is 6.49. The molecule has 1 amide bonds. The highest BCUT2D eigenvalue weighted by atomic mass is 32.2. The molecule has 1 heterocycles. The summed E-state index contributed by atoms with van der Waals surface area (Å²) in [6.45, 7) is 4.28. The Labute approximate surface area is 243 Å². The summed E-state index contributed by atoms with van der Waals surface area (Å²) in [5, 5.41) is 0. The Bertz CT molecular complexity index is 1520. The smallest absolute Gasteiger partial charge is 0.416 e. The lowest BCUT2D eigenvalue weighted by molar-refractivity contribution is -0.137. The summed E-state index contributed by atoms with van der Waals surface area (Å²) in [6, 6.07) is 13.2. The van der Waals surface area contributed by atoms with Crippen LogP contribution in [-0.4, -0.2) is 64.0 Å². The van der Waals surface area contributed by atoms with Crippen LogP contribution in [0.3, 0.4) is 0 Å². The van der Waals surface area contributed by atoms with Gasteiger partial charge in [-0.2, -0.15) is 17.5 Å². The number of fused-ring (bicyclic) bond motifs is 1. The lowest BCUT2D eigenvalue weighted by Gasteiger charge is -2.37. The van der Waals surface area contributed by atoms with Crippen molar-refractivity contribution in [2.75, 3.05) is 40.5 Å². The number of sulfonamides is 1. The number of carbonyl (C=O) groups is 1. The first kappa shape index (κ1) is 31.2. The molecule has 3 aromatic rings. The number of alkyl halides is 3. The van der Waals surface area contributed by atoms with Crippen molar-refractivity contribution in [2.45, 2.75) is 37.4 Å². The topological polar surface area (TPSA) is 85.4 Å². The molecule has 0 saturated heterocycles. The van der Waals surface area contributed by atoms with Gasteiger partial charge < -0.3 is 19.1 Å². The monoisotopic (exact) mass is 606 g/mol. The molecule has 0 fully saturated rings. The van der Waals surface area contributed by atoms with E-state index in [0.29, 0.717) is 36.6 Å².